The van der Waals surface area contributed by atoms with E-state index in [1.807, 2.05) is 24.3 Å². The number of nitrogens with zero attached hydrogens (tertiary/aromatic N) is 1. The van der Waals surface area contributed by atoms with Crippen molar-refractivity contribution in [1.82, 2.24) is 0 Å². The predicted molar refractivity (Wildman–Crippen MR) is 78.2 cm³/mol. The molecule has 0 fully saturated rings. The maximum atomic E-state index is 10.8. The second kappa shape index (κ2) is 6.58. The van der Waals surface area contributed by atoms with Crippen LogP contribution in [0.25, 0.3) is 0 Å². The fourth-order valence-corrected chi connectivity index (χ4v) is 1.78. The van der Waals surface area contributed by atoms with E-state index in [2.05, 4.69) is 5.43 Å². The number of nitro groups is 1. The van der Waals surface area contributed by atoms with Gasteiger partial charge in [0.1, 0.15) is 18.1 Å². The van der Waals surface area contributed by atoms with Crippen LogP contribution in [0.1, 0.15) is 5.56 Å². The molecule has 7 heteroatoms. The number of hydrogen-bond donors (Lipinski definition) is 2. The number of hydrazine groups is 1. The van der Waals surface area contributed by atoms with Crippen molar-refractivity contribution < 1.29 is 14.4 Å². The molecule has 0 bridgehead atoms. The highest BCUT2D eigenvalue weighted by molar-refractivity contribution is 5.55. The van der Waals surface area contributed by atoms with Crippen LogP contribution in [0.5, 0.6) is 11.5 Å². The van der Waals surface area contributed by atoms with Crippen molar-refractivity contribution in [1.29, 1.82) is 0 Å². The molecule has 0 radical (unpaired) electrons. The lowest BCUT2D eigenvalue weighted by molar-refractivity contribution is -0.384. The van der Waals surface area contributed by atoms with E-state index < -0.39 is 4.92 Å². The van der Waals surface area contributed by atoms with Crippen molar-refractivity contribution in [3.63, 3.8) is 0 Å². The summed E-state index contributed by atoms with van der Waals surface area (Å²) >= 11 is 0. The van der Waals surface area contributed by atoms with Crippen LogP contribution in [0, 0.1) is 10.1 Å². The number of nitro benzene ring substituents is 1. The molecule has 21 heavy (non-hydrogen) atoms. The molecule has 2 aromatic rings. The van der Waals surface area contributed by atoms with Crippen molar-refractivity contribution in [2.24, 2.45) is 5.84 Å². The SMILES string of the molecule is COc1cccc(COc2cc(NN)cc([N+](=O)[O-])c2)c1. The fraction of sp³-hybridized carbons (Fsp3) is 0.143. The van der Waals surface area contributed by atoms with Gasteiger partial charge in [0, 0.05) is 12.1 Å². The Bertz CT molecular complexity index is 646. The van der Waals surface area contributed by atoms with Gasteiger partial charge in [0.15, 0.2) is 0 Å². The molecule has 3 N–H and O–H groups in total. The third-order valence-corrected chi connectivity index (χ3v) is 2.81. The van der Waals surface area contributed by atoms with E-state index in [1.165, 1.54) is 12.1 Å². The Kier molecular flexibility index (Phi) is 4.57. The zero-order chi connectivity index (χ0) is 15.2. The number of rotatable bonds is 6. The molecule has 0 saturated heterocycles. The van der Waals surface area contributed by atoms with Gasteiger partial charge >= 0.3 is 0 Å². The minimum absolute atomic E-state index is 0.0916. The summed E-state index contributed by atoms with van der Waals surface area (Å²) in [5.41, 5.74) is 3.58. The molecule has 0 aliphatic rings. The summed E-state index contributed by atoms with van der Waals surface area (Å²) in [5, 5.41) is 10.8. The maximum absolute atomic E-state index is 10.8. The molecule has 0 amide bonds. The van der Waals surface area contributed by atoms with Gasteiger partial charge < -0.3 is 14.9 Å². The molecule has 0 unspecified atom stereocenters. The number of benzene rings is 2. The first-order valence-electron chi connectivity index (χ1n) is 6.14. The Morgan fingerprint density at radius 1 is 1.24 bits per heavy atom. The van der Waals surface area contributed by atoms with Crippen LogP contribution in [-0.4, -0.2) is 12.0 Å². The molecule has 0 aromatic heterocycles. The van der Waals surface area contributed by atoms with Crippen molar-refractivity contribution >= 4 is 11.4 Å². The zero-order valence-corrected chi connectivity index (χ0v) is 11.4. The highest BCUT2D eigenvalue weighted by Crippen LogP contribution is 2.26. The fourth-order valence-electron chi connectivity index (χ4n) is 1.78. The first-order chi connectivity index (χ1) is 10.1. The Balaban J connectivity index is 2.15. The van der Waals surface area contributed by atoms with E-state index >= 15 is 0 Å². The lowest BCUT2D eigenvalue weighted by Gasteiger charge is -2.09. The number of anilines is 1. The Morgan fingerprint density at radius 2 is 2.05 bits per heavy atom. The summed E-state index contributed by atoms with van der Waals surface area (Å²) in [6.45, 7) is 0.266. The summed E-state index contributed by atoms with van der Waals surface area (Å²) in [4.78, 5) is 10.3. The molecule has 0 spiro atoms. The van der Waals surface area contributed by atoms with E-state index in [-0.39, 0.29) is 12.3 Å². The lowest BCUT2D eigenvalue weighted by atomic mass is 10.2. The maximum Gasteiger partial charge on any atom is 0.275 e. The Morgan fingerprint density at radius 3 is 2.71 bits per heavy atom. The van der Waals surface area contributed by atoms with E-state index in [0.29, 0.717) is 11.4 Å². The first kappa shape index (κ1) is 14.6. The number of nitrogens with one attached hydrogen (secondary N) is 1. The van der Waals surface area contributed by atoms with Crippen molar-refractivity contribution in [2.45, 2.75) is 6.61 Å². The quantitative estimate of drug-likeness (QED) is 0.481. The largest absolute Gasteiger partial charge is 0.497 e. The van der Waals surface area contributed by atoms with Crippen molar-refractivity contribution in [2.75, 3.05) is 12.5 Å². The summed E-state index contributed by atoms with van der Waals surface area (Å²) in [6.07, 6.45) is 0. The number of non-ortho nitro benzene ring substituents is 1. The van der Waals surface area contributed by atoms with Gasteiger partial charge in [-0.1, -0.05) is 12.1 Å². The monoisotopic (exact) mass is 289 g/mol. The number of nitrogen functional groups attached to an aromatic ring is 1. The van der Waals surface area contributed by atoms with Gasteiger partial charge in [-0.25, -0.2) is 0 Å². The third kappa shape index (κ3) is 3.83. The summed E-state index contributed by atoms with van der Waals surface area (Å²) < 4.78 is 10.7. The van der Waals surface area contributed by atoms with Crippen LogP contribution in [0.4, 0.5) is 11.4 Å². The van der Waals surface area contributed by atoms with Gasteiger partial charge in [-0.3, -0.25) is 16.0 Å². The van der Waals surface area contributed by atoms with E-state index in [4.69, 9.17) is 15.3 Å². The van der Waals surface area contributed by atoms with Crippen LogP contribution in [-0.2, 0) is 6.61 Å². The standard InChI is InChI=1S/C14H15N3O4/c1-20-13-4-2-3-10(5-13)9-21-14-7-11(16-15)6-12(8-14)17(18)19/h2-8,16H,9,15H2,1H3. The van der Waals surface area contributed by atoms with Gasteiger partial charge in [0.25, 0.3) is 5.69 Å². The number of hydrogen-bond acceptors (Lipinski definition) is 6. The predicted octanol–water partition coefficient (Wildman–Crippen LogP) is 2.47. The van der Waals surface area contributed by atoms with Crippen LogP contribution in [0.15, 0.2) is 42.5 Å². The van der Waals surface area contributed by atoms with Gasteiger partial charge in [0.05, 0.1) is 23.8 Å². The van der Waals surface area contributed by atoms with Crippen molar-refractivity contribution in [3.05, 3.63) is 58.1 Å². The second-order valence-electron chi connectivity index (χ2n) is 4.26. The van der Waals surface area contributed by atoms with Gasteiger partial charge in [0.2, 0.25) is 0 Å². The average molecular weight is 289 g/mol. The third-order valence-electron chi connectivity index (χ3n) is 2.81. The zero-order valence-electron chi connectivity index (χ0n) is 11.4. The number of methoxy groups -OCH3 is 1. The topological polar surface area (TPSA) is 99.7 Å². The van der Waals surface area contributed by atoms with E-state index in [1.54, 1.807) is 13.2 Å². The minimum Gasteiger partial charge on any atom is -0.497 e. The molecule has 7 nitrogen and oxygen atoms in total. The van der Waals surface area contributed by atoms with Gasteiger partial charge in [-0.15, -0.1) is 0 Å². The van der Waals surface area contributed by atoms with E-state index in [9.17, 15) is 10.1 Å². The highest BCUT2D eigenvalue weighted by Gasteiger charge is 2.10. The smallest absolute Gasteiger partial charge is 0.275 e. The van der Waals surface area contributed by atoms with Gasteiger partial charge in [-0.2, -0.15) is 0 Å². The Hall–Kier alpha value is -2.80. The average Bonchev–Trinajstić information content (AvgIpc) is 2.52. The molecule has 0 aliphatic heterocycles. The van der Waals surface area contributed by atoms with E-state index in [0.717, 1.165) is 11.3 Å². The van der Waals surface area contributed by atoms with Crippen LogP contribution in [0.2, 0.25) is 0 Å². The van der Waals surface area contributed by atoms with Crippen LogP contribution in [0.3, 0.4) is 0 Å². The molecular formula is C14H15N3O4. The number of nitrogens with two attached hydrogens (primary N) is 1. The molecule has 0 aliphatic carbocycles. The second-order valence-corrected chi connectivity index (χ2v) is 4.26. The first-order valence-corrected chi connectivity index (χ1v) is 6.14. The molecular weight excluding hydrogens is 274 g/mol. The number of ether oxygens (including phenoxy) is 2. The molecule has 2 aromatic carbocycles. The van der Waals surface area contributed by atoms with Gasteiger partial charge in [-0.05, 0) is 17.7 Å². The lowest BCUT2D eigenvalue weighted by Crippen LogP contribution is -2.07. The molecule has 110 valence electrons. The molecule has 0 atom stereocenters. The summed E-state index contributed by atoms with van der Waals surface area (Å²) in [5.74, 6) is 6.37. The molecule has 0 saturated carbocycles. The minimum atomic E-state index is -0.501. The molecule has 2 rings (SSSR count). The highest BCUT2D eigenvalue weighted by atomic mass is 16.6. The summed E-state index contributed by atoms with van der Waals surface area (Å²) in [6, 6.07) is 11.7. The Labute approximate surface area is 121 Å². The van der Waals surface area contributed by atoms with Crippen LogP contribution < -0.4 is 20.7 Å². The molecule has 0 heterocycles. The van der Waals surface area contributed by atoms with Crippen molar-refractivity contribution in [3.8, 4) is 11.5 Å². The summed E-state index contributed by atoms with van der Waals surface area (Å²) in [7, 11) is 1.58. The van der Waals surface area contributed by atoms with Crippen LogP contribution >= 0.6 is 0 Å². The normalized spacial score (nSPS) is 10.0.